The summed E-state index contributed by atoms with van der Waals surface area (Å²) in [7, 11) is 0. The predicted octanol–water partition coefficient (Wildman–Crippen LogP) is 2.51. The zero-order valence-corrected chi connectivity index (χ0v) is 14.2. The number of benzene rings is 2. The molecule has 7 heteroatoms. The standard InChI is InChI=1S/C20H15FN4O2/c21-16-7-3-5-13-8-9-17(24-18(13)16)19(26)22-10-11-25-20(27)15-6-2-1-4-14(15)12-23-25/h1-9,12H,10-11H2,(H,22,26). The van der Waals surface area contributed by atoms with E-state index >= 15 is 0 Å². The second kappa shape index (κ2) is 6.95. The number of amides is 1. The van der Waals surface area contributed by atoms with Gasteiger partial charge < -0.3 is 5.32 Å². The molecule has 0 aliphatic heterocycles. The average molecular weight is 362 g/mol. The molecule has 0 unspecified atom stereocenters. The van der Waals surface area contributed by atoms with E-state index in [1.165, 1.54) is 16.8 Å². The van der Waals surface area contributed by atoms with Crippen molar-refractivity contribution in [2.24, 2.45) is 0 Å². The Labute approximate surface area is 153 Å². The first-order valence-corrected chi connectivity index (χ1v) is 8.42. The summed E-state index contributed by atoms with van der Waals surface area (Å²) in [5.74, 6) is -0.914. The molecule has 4 rings (SSSR count). The van der Waals surface area contributed by atoms with Gasteiger partial charge in [0.25, 0.3) is 11.5 Å². The molecule has 2 aromatic carbocycles. The first kappa shape index (κ1) is 16.8. The van der Waals surface area contributed by atoms with Crippen molar-refractivity contribution in [2.75, 3.05) is 6.54 Å². The van der Waals surface area contributed by atoms with Crippen LogP contribution >= 0.6 is 0 Å². The van der Waals surface area contributed by atoms with Gasteiger partial charge in [-0.1, -0.05) is 36.4 Å². The van der Waals surface area contributed by atoms with E-state index in [2.05, 4.69) is 15.4 Å². The highest BCUT2D eigenvalue weighted by atomic mass is 19.1. The highest BCUT2D eigenvalue weighted by Gasteiger charge is 2.10. The SMILES string of the molecule is O=C(NCCn1ncc2ccccc2c1=O)c1ccc2cccc(F)c2n1. The topological polar surface area (TPSA) is 76.9 Å². The van der Waals surface area contributed by atoms with E-state index in [4.69, 9.17) is 0 Å². The zero-order valence-electron chi connectivity index (χ0n) is 14.2. The molecule has 0 aliphatic rings. The van der Waals surface area contributed by atoms with Crippen LogP contribution in [0.4, 0.5) is 4.39 Å². The molecule has 27 heavy (non-hydrogen) atoms. The minimum atomic E-state index is -0.478. The van der Waals surface area contributed by atoms with E-state index in [0.717, 1.165) is 5.39 Å². The molecule has 134 valence electrons. The number of pyridine rings is 1. The van der Waals surface area contributed by atoms with Crippen LogP contribution in [0, 0.1) is 5.82 Å². The largest absolute Gasteiger partial charge is 0.349 e. The molecule has 2 heterocycles. The molecule has 0 saturated heterocycles. The predicted molar refractivity (Wildman–Crippen MR) is 100 cm³/mol. The Morgan fingerprint density at radius 2 is 1.85 bits per heavy atom. The maximum Gasteiger partial charge on any atom is 0.274 e. The summed E-state index contributed by atoms with van der Waals surface area (Å²) in [6.45, 7) is 0.415. The van der Waals surface area contributed by atoms with Gasteiger partial charge in [-0.15, -0.1) is 0 Å². The maximum atomic E-state index is 13.8. The number of carbonyl (C=O) groups is 1. The van der Waals surface area contributed by atoms with Gasteiger partial charge in [-0.2, -0.15) is 5.10 Å². The second-order valence-electron chi connectivity index (χ2n) is 6.02. The number of hydrogen-bond acceptors (Lipinski definition) is 4. The number of rotatable bonds is 4. The smallest absolute Gasteiger partial charge is 0.274 e. The van der Waals surface area contributed by atoms with Crippen LogP contribution in [0.5, 0.6) is 0 Å². The number of aromatic nitrogens is 3. The molecular formula is C20H15FN4O2. The van der Waals surface area contributed by atoms with Crippen LogP contribution in [0.3, 0.4) is 0 Å². The van der Waals surface area contributed by atoms with Gasteiger partial charge in [0, 0.05) is 17.3 Å². The van der Waals surface area contributed by atoms with Gasteiger partial charge in [0.05, 0.1) is 18.1 Å². The fourth-order valence-corrected chi connectivity index (χ4v) is 2.89. The van der Waals surface area contributed by atoms with Crippen molar-refractivity contribution in [3.05, 3.63) is 82.7 Å². The van der Waals surface area contributed by atoms with Gasteiger partial charge in [0.1, 0.15) is 17.0 Å². The summed E-state index contributed by atoms with van der Waals surface area (Å²) in [5, 5.41) is 8.77. The second-order valence-corrected chi connectivity index (χ2v) is 6.02. The van der Waals surface area contributed by atoms with Crippen molar-refractivity contribution < 1.29 is 9.18 Å². The van der Waals surface area contributed by atoms with E-state index in [1.807, 2.05) is 12.1 Å². The summed E-state index contributed by atoms with van der Waals surface area (Å²) in [4.78, 5) is 28.8. The quantitative estimate of drug-likeness (QED) is 0.605. The molecule has 0 atom stereocenters. The highest BCUT2D eigenvalue weighted by Crippen LogP contribution is 2.15. The summed E-state index contributed by atoms with van der Waals surface area (Å²) in [5.41, 5.74) is 0.0530. The summed E-state index contributed by atoms with van der Waals surface area (Å²) >= 11 is 0. The van der Waals surface area contributed by atoms with Gasteiger partial charge in [-0.3, -0.25) is 9.59 Å². The summed E-state index contributed by atoms with van der Waals surface area (Å²) in [6, 6.07) is 15.0. The van der Waals surface area contributed by atoms with Gasteiger partial charge >= 0.3 is 0 Å². The van der Waals surface area contributed by atoms with Crippen LogP contribution in [-0.2, 0) is 6.54 Å². The third kappa shape index (κ3) is 3.27. The van der Waals surface area contributed by atoms with Crippen molar-refractivity contribution in [3.63, 3.8) is 0 Å². The summed E-state index contributed by atoms with van der Waals surface area (Å²) < 4.78 is 15.1. The van der Waals surface area contributed by atoms with Crippen LogP contribution in [-0.4, -0.2) is 27.2 Å². The van der Waals surface area contributed by atoms with E-state index in [9.17, 15) is 14.0 Å². The zero-order chi connectivity index (χ0) is 18.8. The van der Waals surface area contributed by atoms with E-state index in [-0.39, 0.29) is 29.9 Å². The van der Waals surface area contributed by atoms with Crippen LogP contribution < -0.4 is 10.9 Å². The first-order chi connectivity index (χ1) is 13.1. The maximum absolute atomic E-state index is 13.8. The molecule has 0 saturated carbocycles. The number of carbonyl (C=O) groups excluding carboxylic acids is 1. The van der Waals surface area contributed by atoms with E-state index in [0.29, 0.717) is 10.8 Å². The van der Waals surface area contributed by atoms with Gasteiger partial charge in [0.15, 0.2) is 0 Å². The molecule has 0 spiro atoms. The number of halogens is 1. The van der Waals surface area contributed by atoms with Gasteiger partial charge in [-0.25, -0.2) is 14.1 Å². The Morgan fingerprint density at radius 3 is 2.74 bits per heavy atom. The van der Waals surface area contributed by atoms with Crippen LogP contribution in [0.15, 0.2) is 65.6 Å². The number of nitrogens with one attached hydrogen (secondary N) is 1. The molecule has 1 amide bonds. The van der Waals surface area contributed by atoms with Crippen molar-refractivity contribution >= 4 is 27.6 Å². The Hall–Kier alpha value is -3.61. The van der Waals surface area contributed by atoms with Crippen molar-refractivity contribution in [1.29, 1.82) is 0 Å². The van der Waals surface area contributed by atoms with E-state index in [1.54, 1.807) is 36.5 Å². The summed E-state index contributed by atoms with van der Waals surface area (Å²) in [6.07, 6.45) is 1.62. The lowest BCUT2D eigenvalue weighted by Crippen LogP contribution is -2.32. The lowest BCUT2D eigenvalue weighted by atomic mass is 10.2. The lowest BCUT2D eigenvalue weighted by molar-refractivity contribution is 0.0947. The van der Waals surface area contributed by atoms with Gasteiger partial charge in [-0.05, 0) is 18.2 Å². The molecule has 0 bridgehead atoms. The number of para-hydroxylation sites is 1. The fourth-order valence-electron chi connectivity index (χ4n) is 2.89. The average Bonchev–Trinajstić information content (AvgIpc) is 2.70. The van der Waals surface area contributed by atoms with Crippen molar-refractivity contribution in [2.45, 2.75) is 6.54 Å². The normalized spacial score (nSPS) is 11.0. The van der Waals surface area contributed by atoms with Gasteiger partial charge in [0.2, 0.25) is 0 Å². The molecule has 0 aliphatic carbocycles. The Bertz CT molecular complexity index is 1220. The number of nitrogens with zero attached hydrogens (tertiary/aromatic N) is 3. The third-order valence-electron chi connectivity index (χ3n) is 4.27. The molecular weight excluding hydrogens is 347 g/mol. The van der Waals surface area contributed by atoms with Crippen LogP contribution in [0.25, 0.3) is 21.7 Å². The Balaban J connectivity index is 1.48. The Kier molecular flexibility index (Phi) is 4.33. The van der Waals surface area contributed by atoms with Crippen LogP contribution in [0.2, 0.25) is 0 Å². The molecule has 4 aromatic rings. The molecule has 2 aromatic heterocycles. The van der Waals surface area contributed by atoms with Crippen molar-refractivity contribution in [1.82, 2.24) is 20.1 Å². The van der Waals surface area contributed by atoms with Crippen molar-refractivity contribution in [3.8, 4) is 0 Å². The highest BCUT2D eigenvalue weighted by molar-refractivity contribution is 5.94. The lowest BCUT2D eigenvalue weighted by Gasteiger charge is -2.08. The monoisotopic (exact) mass is 362 g/mol. The Morgan fingerprint density at radius 1 is 1.04 bits per heavy atom. The number of fused-ring (bicyclic) bond motifs is 2. The van der Waals surface area contributed by atoms with Crippen LogP contribution in [0.1, 0.15) is 10.5 Å². The number of hydrogen-bond donors (Lipinski definition) is 1. The minimum absolute atomic E-state index is 0.117. The molecule has 0 fully saturated rings. The third-order valence-corrected chi connectivity index (χ3v) is 4.27. The first-order valence-electron chi connectivity index (χ1n) is 8.42. The molecule has 0 radical (unpaired) electrons. The fraction of sp³-hybridized carbons (Fsp3) is 0.100. The van der Waals surface area contributed by atoms with E-state index < -0.39 is 11.7 Å². The molecule has 6 nitrogen and oxygen atoms in total. The molecule has 1 N–H and O–H groups in total. The minimum Gasteiger partial charge on any atom is -0.349 e.